The van der Waals surface area contributed by atoms with E-state index in [1.165, 1.54) is 29.1 Å². The average molecular weight is 516 g/mol. The zero-order chi connectivity index (χ0) is 25.4. The number of hydrogen-bond donors (Lipinski definition) is 1. The van der Waals surface area contributed by atoms with Crippen LogP contribution in [0.5, 0.6) is 0 Å². The summed E-state index contributed by atoms with van der Waals surface area (Å²) < 4.78 is 2.20. The van der Waals surface area contributed by atoms with Gasteiger partial charge >= 0.3 is 0 Å². The van der Waals surface area contributed by atoms with Crippen molar-refractivity contribution in [2.45, 2.75) is 35.7 Å². The maximum atomic E-state index is 10.9. The van der Waals surface area contributed by atoms with Gasteiger partial charge in [0.15, 0.2) is 5.11 Å². The molecule has 36 heavy (non-hydrogen) atoms. The van der Waals surface area contributed by atoms with Crippen LogP contribution in [0.4, 0.5) is 11.4 Å². The van der Waals surface area contributed by atoms with Crippen molar-refractivity contribution < 1.29 is 4.92 Å². The molecule has 1 aliphatic heterocycles. The third kappa shape index (κ3) is 4.47. The molecule has 1 saturated heterocycles. The van der Waals surface area contributed by atoms with Gasteiger partial charge in [-0.3, -0.25) is 15.1 Å². The van der Waals surface area contributed by atoms with Crippen LogP contribution in [0.3, 0.4) is 0 Å². The molecule has 0 aliphatic carbocycles. The molecule has 1 fully saturated rings. The molecule has 0 saturated carbocycles. The van der Waals surface area contributed by atoms with Gasteiger partial charge < -0.3 is 14.8 Å². The molecule has 9 heteroatoms. The fraction of sp³-hybridized carbons (Fsp3) is 0.185. The lowest BCUT2D eigenvalue weighted by molar-refractivity contribution is -0.384. The first-order valence-electron chi connectivity index (χ1n) is 11.5. The highest BCUT2D eigenvalue weighted by atomic mass is 32.2. The van der Waals surface area contributed by atoms with Crippen LogP contribution >= 0.6 is 24.0 Å². The van der Waals surface area contributed by atoms with E-state index in [0.717, 1.165) is 21.2 Å². The zero-order valence-electron chi connectivity index (χ0n) is 20.1. The van der Waals surface area contributed by atoms with Crippen LogP contribution in [0.15, 0.2) is 88.8 Å². The van der Waals surface area contributed by atoms with Crippen LogP contribution in [0.1, 0.15) is 34.7 Å². The van der Waals surface area contributed by atoms with Crippen LogP contribution in [-0.4, -0.2) is 19.6 Å². The van der Waals surface area contributed by atoms with Crippen LogP contribution in [0.25, 0.3) is 0 Å². The van der Waals surface area contributed by atoms with Crippen molar-refractivity contribution in [2.75, 3.05) is 4.90 Å². The first kappa shape index (κ1) is 24.0. The first-order chi connectivity index (χ1) is 17.3. The number of benzene rings is 2. The summed E-state index contributed by atoms with van der Waals surface area (Å²) in [4.78, 5) is 19.3. The summed E-state index contributed by atoms with van der Waals surface area (Å²) in [6.45, 7) is 4.25. The lowest BCUT2D eigenvalue weighted by atomic mass is 9.96. The minimum atomic E-state index is -0.388. The van der Waals surface area contributed by atoms with Crippen molar-refractivity contribution in [1.82, 2.24) is 14.9 Å². The Bertz CT molecular complexity index is 1420. The molecule has 2 unspecified atom stereocenters. The molecular formula is C27H25N5O2S2. The SMILES string of the molecule is Cc1cc(C2C(c3ccccn3)NC(=S)N2c2ccc(Sc3ccc([N+](=O)[O-])cc3)cc2)c(C)n1C. The molecule has 4 aromatic rings. The standard InChI is InChI=1S/C27H25N5O2S2/c1-17-16-23(18(2)30(17)3)26-25(24-6-4-5-15-28-24)29-27(35)31(26)19-7-11-21(12-8-19)36-22-13-9-20(10-14-22)32(33)34/h4-16,25-26H,1-3H3,(H,29,35). The van der Waals surface area contributed by atoms with Gasteiger partial charge in [-0.15, -0.1) is 0 Å². The van der Waals surface area contributed by atoms with E-state index in [2.05, 4.69) is 71.0 Å². The van der Waals surface area contributed by atoms with Crippen molar-refractivity contribution in [3.63, 3.8) is 0 Å². The zero-order valence-corrected chi connectivity index (χ0v) is 21.7. The van der Waals surface area contributed by atoms with Gasteiger partial charge in [0.25, 0.3) is 5.69 Å². The van der Waals surface area contributed by atoms with Gasteiger partial charge in [0.2, 0.25) is 0 Å². The number of nitro groups is 1. The molecule has 0 bridgehead atoms. The predicted octanol–water partition coefficient (Wildman–Crippen LogP) is 6.27. The maximum absolute atomic E-state index is 10.9. The lowest BCUT2D eigenvalue weighted by Gasteiger charge is -2.28. The molecule has 2 aromatic carbocycles. The third-order valence-corrected chi connectivity index (χ3v) is 7.96. The summed E-state index contributed by atoms with van der Waals surface area (Å²) in [5, 5.41) is 15.1. The molecule has 2 aromatic heterocycles. The Labute approximate surface area is 219 Å². The van der Waals surface area contributed by atoms with E-state index in [-0.39, 0.29) is 22.7 Å². The number of aromatic nitrogens is 2. The Hall–Kier alpha value is -3.69. The smallest absolute Gasteiger partial charge is 0.269 e. The topological polar surface area (TPSA) is 76.2 Å². The molecule has 2 atom stereocenters. The summed E-state index contributed by atoms with van der Waals surface area (Å²) in [6, 6.07) is 22.9. The van der Waals surface area contributed by atoms with Crippen LogP contribution < -0.4 is 10.2 Å². The number of non-ortho nitro benzene ring substituents is 1. The monoisotopic (exact) mass is 515 g/mol. The van der Waals surface area contributed by atoms with E-state index in [0.29, 0.717) is 5.11 Å². The average Bonchev–Trinajstić information content (AvgIpc) is 3.36. The Balaban J connectivity index is 1.47. The van der Waals surface area contributed by atoms with Gasteiger partial charge in [-0.2, -0.15) is 0 Å². The second-order valence-electron chi connectivity index (χ2n) is 8.73. The largest absolute Gasteiger partial charge is 0.352 e. The highest BCUT2D eigenvalue weighted by Crippen LogP contribution is 2.43. The van der Waals surface area contributed by atoms with Gasteiger partial charge in [-0.25, -0.2) is 0 Å². The maximum Gasteiger partial charge on any atom is 0.269 e. The number of hydrogen-bond acceptors (Lipinski definition) is 5. The fourth-order valence-electron chi connectivity index (χ4n) is 4.58. The third-order valence-electron chi connectivity index (χ3n) is 6.63. The Kier molecular flexibility index (Phi) is 6.51. The number of thiocarbonyl (C=S) groups is 1. The number of aryl methyl sites for hydroxylation is 1. The van der Waals surface area contributed by atoms with Crippen molar-refractivity contribution in [3.05, 3.63) is 112 Å². The summed E-state index contributed by atoms with van der Waals surface area (Å²) in [7, 11) is 2.08. The van der Waals surface area contributed by atoms with E-state index in [1.807, 2.05) is 24.4 Å². The van der Waals surface area contributed by atoms with Gasteiger partial charge in [-0.05, 0) is 86.2 Å². The highest BCUT2D eigenvalue weighted by molar-refractivity contribution is 7.99. The molecule has 1 N–H and O–H groups in total. The first-order valence-corrected chi connectivity index (χ1v) is 12.7. The quantitative estimate of drug-likeness (QED) is 0.184. The van der Waals surface area contributed by atoms with E-state index < -0.39 is 0 Å². The molecule has 5 rings (SSSR count). The Morgan fingerprint density at radius 3 is 2.25 bits per heavy atom. The minimum Gasteiger partial charge on any atom is -0.352 e. The molecule has 0 amide bonds. The second-order valence-corrected chi connectivity index (χ2v) is 10.3. The minimum absolute atomic E-state index is 0.0551. The predicted molar refractivity (Wildman–Crippen MR) is 146 cm³/mol. The normalized spacial score (nSPS) is 17.3. The van der Waals surface area contributed by atoms with Crippen molar-refractivity contribution >= 4 is 40.5 Å². The van der Waals surface area contributed by atoms with Gasteiger partial charge in [0.1, 0.15) is 0 Å². The van der Waals surface area contributed by atoms with E-state index in [9.17, 15) is 10.1 Å². The van der Waals surface area contributed by atoms with E-state index >= 15 is 0 Å². The fourth-order valence-corrected chi connectivity index (χ4v) is 5.74. The number of nitrogens with one attached hydrogen (secondary N) is 1. The molecule has 1 aliphatic rings. The van der Waals surface area contributed by atoms with E-state index in [1.54, 1.807) is 23.9 Å². The molecular weight excluding hydrogens is 490 g/mol. The van der Waals surface area contributed by atoms with Crippen LogP contribution in [0, 0.1) is 24.0 Å². The molecule has 0 spiro atoms. The van der Waals surface area contributed by atoms with Crippen LogP contribution in [-0.2, 0) is 7.05 Å². The number of nitro benzene ring substituents is 1. The van der Waals surface area contributed by atoms with Crippen molar-refractivity contribution in [2.24, 2.45) is 7.05 Å². The Morgan fingerprint density at radius 1 is 1.03 bits per heavy atom. The summed E-state index contributed by atoms with van der Waals surface area (Å²) >= 11 is 7.41. The Morgan fingerprint density at radius 2 is 1.69 bits per heavy atom. The second kappa shape index (κ2) is 9.75. The molecule has 0 radical (unpaired) electrons. The number of pyridine rings is 1. The summed E-state index contributed by atoms with van der Waals surface area (Å²) in [5.74, 6) is 0. The molecule has 7 nitrogen and oxygen atoms in total. The van der Waals surface area contributed by atoms with Crippen molar-refractivity contribution in [1.29, 1.82) is 0 Å². The van der Waals surface area contributed by atoms with Gasteiger partial charge in [-0.1, -0.05) is 17.8 Å². The molecule has 182 valence electrons. The lowest BCUT2D eigenvalue weighted by Crippen LogP contribution is -2.29. The summed E-state index contributed by atoms with van der Waals surface area (Å²) in [6.07, 6.45) is 1.81. The van der Waals surface area contributed by atoms with Gasteiger partial charge in [0.05, 0.1) is 22.7 Å². The van der Waals surface area contributed by atoms with Crippen molar-refractivity contribution in [3.8, 4) is 0 Å². The summed E-state index contributed by atoms with van der Waals surface area (Å²) in [5.41, 5.74) is 5.62. The molecule has 3 heterocycles. The number of nitrogens with zero attached hydrogens (tertiary/aromatic N) is 4. The highest BCUT2D eigenvalue weighted by Gasteiger charge is 2.42. The van der Waals surface area contributed by atoms with Gasteiger partial charge in [0, 0.05) is 52.2 Å². The number of rotatable bonds is 6. The van der Waals surface area contributed by atoms with Crippen LogP contribution in [0.2, 0.25) is 0 Å². The van der Waals surface area contributed by atoms with E-state index in [4.69, 9.17) is 12.2 Å². The number of anilines is 1.